The molecular weight excluding hydrogens is 329 g/mol. The largest absolute Gasteiger partial charge is 0.344 e. The van der Waals surface area contributed by atoms with Crippen molar-refractivity contribution < 1.29 is 14.0 Å². The Kier molecular flexibility index (Phi) is 4.89. The van der Waals surface area contributed by atoms with Crippen molar-refractivity contribution in [1.82, 2.24) is 15.2 Å². The number of amides is 2. The lowest BCUT2D eigenvalue weighted by atomic mass is 10.1. The van der Waals surface area contributed by atoms with Crippen LogP contribution in [-0.2, 0) is 0 Å². The first kappa shape index (κ1) is 16.6. The number of nitrogens with one attached hydrogen (secondary N) is 1. The second-order valence-electron chi connectivity index (χ2n) is 5.78. The van der Waals surface area contributed by atoms with Gasteiger partial charge in [0.05, 0.1) is 6.04 Å². The van der Waals surface area contributed by atoms with Gasteiger partial charge in [0.1, 0.15) is 11.5 Å². The van der Waals surface area contributed by atoms with Gasteiger partial charge in [-0.2, -0.15) is 0 Å². The molecule has 1 aliphatic rings. The minimum absolute atomic E-state index is 0.108. The Morgan fingerprint density at radius 2 is 1.92 bits per heavy atom. The lowest BCUT2D eigenvalue weighted by molar-refractivity contribution is 0.0792. The summed E-state index contributed by atoms with van der Waals surface area (Å²) in [5.74, 6) is -0.770. The number of benzene rings is 1. The van der Waals surface area contributed by atoms with E-state index in [9.17, 15) is 14.0 Å². The number of aromatic nitrogens is 1. The minimum atomic E-state index is -0.344. The Hall–Kier alpha value is -2.28. The lowest BCUT2D eigenvalue weighted by Crippen LogP contribution is -2.29. The highest BCUT2D eigenvalue weighted by Crippen LogP contribution is 2.18. The number of carbonyl (C=O) groups is 2. The van der Waals surface area contributed by atoms with Crippen molar-refractivity contribution in [2.45, 2.75) is 25.8 Å². The molecule has 0 spiro atoms. The highest BCUT2D eigenvalue weighted by Gasteiger charge is 2.23. The van der Waals surface area contributed by atoms with Crippen LogP contribution in [-0.4, -0.2) is 34.8 Å². The smallest absolute Gasteiger partial charge is 0.282 e. The van der Waals surface area contributed by atoms with E-state index in [4.69, 9.17) is 0 Å². The summed E-state index contributed by atoms with van der Waals surface area (Å²) in [6, 6.07) is 5.69. The van der Waals surface area contributed by atoms with E-state index >= 15 is 0 Å². The fourth-order valence-corrected chi connectivity index (χ4v) is 3.40. The molecular formula is C17H18FN3O2S. The van der Waals surface area contributed by atoms with Crippen LogP contribution in [0.5, 0.6) is 0 Å². The summed E-state index contributed by atoms with van der Waals surface area (Å²) in [7, 11) is 0. The van der Waals surface area contributed by atoms with Gasteiger partial charge in [-0.05, 0) is 37.5 Å². The van der Waals surface area contributed by atoms with Crippen molar-refractivity contribution in [3.05, 3.63) is 51.7 Å². The van der Waals surface area contributed by atoms with E-state index in [1.807, 2.05) is 6.92 Å². The minimum Gasteiger partial charge on any atom is -0.344 e. The number of nitrogens with zero attached hydrogens (tertiary/aromatic N) is 2. The predicted octanol–water partition coefficient (Wildman–Crippen LogP) is 3.01. The number of likely N-dealkylation sites (tertiary alicyclic amines) is 1. The molecule has 2 aromatic rings. The van der Waals surface area contributed by atoms with Crippen LogP contribution in [0.3, 0.4) is 0 Å². The summed E-state index contributed by atoms with van der Waals surface area (Å²) < 4.78 is 13.0. The molecule has 1 atom stereocenters. The molecule has 1 fully saturated rings. The van der Waals surface area contributed by atoms with Crippen LogP contribution in [0.25, 0.3) is 0 Å². The first-order valence-corrected chi connectivity index (χ1v) is 8.73. The maximum absolute atomic E-state index is 13.0. The average Bonchev–Trinajstić information content (AvgIpc) is 3.26. The van der Waals surface area contributed by atoms with Crippen molar-refractivity contribution >= 4 is 23.2 Å². The first-order valence-electron chi connectivity index (χ1n) is 7.86. The predicted molar refractivity (Wildman–Crippen MR) is 89.5 cm³/mol. The highest BCUT2D eigenvalue weighted by molar-refractivity contribution is 7.11. The van der Waals surface area contributed by atoms with Crippen LogP contribution in [0.2, 0.25) is 0 Å². The Bertz CT molecular complexity index is 739. The number of rotatable bonds is 4. The molecule has 0 radical (unpaired) electrons. The van der Waals surface area contributed by atoms with Crippen molar-refractivity contribution in [3.63, 3.8) is 0 Å². The Balaban J connectivity index is 1.65. The van der Waals surface area contributed by atoms with E-state index in [1.54, 1.807) is 22.4 Å². The fourth-order valence-electron chi connectivity index (χ4n) is 2.64. The summed E-state index contributed by atoms with van der Waals surface area (Å²) in [4.78, 5) is 30.5. The SMILES string of the molecule is CC(NC(=O)c1csc(C(=O)N2CCCC2)n1)c1ccc(F)cc1. The molecule has 1 N–H and O–H groups in total. The van der Waals surface area contributed by atoms with Crippen molar-refractivity contribution in [3.8, 4) is 0 Å². The van der Waals surface area contributed by atoms with Gasteiger partial charge in [-0.1, -0.05) is 12.1 Å². The molecule has 2 amide bonds. The Morgan fingerprint density at radius 1 is 1.25 bits per heavy atom. The van der Waals surface area contributed by atoms with Gasteiger partial charge in [0.25, 0.3) is 11.8 Å². The number of carbonyl (C=O) groups excluding carboxylic acids is 2. The van der Waals surface area contributed by atoms with Gasteiger partial charge >= 0.3 is 0 Å². The van der Waals surface area contributed by atoms with E-state index in [2.05, 4.69) is 10.3 Å². The molecule has 1 unspecified atom stereocenters. The van der Waals surface area contributed by atoms with Gasteiger partial charge in [-0.25, -0.2) is 9.37 Å². The molecule has 1 aliphatic heterocycles. The number of thiazole rings is 1. The molecule has 0 aliphatic carbocycles. The molecule has 2 heterocycles. The second kappa shape index (κ2) is 7.09. The van der Waals surface area contributed by atoms with Crippen LogP contribution in [0, 0.1) is 5.82 Å². The number of hydrogen-bond donors (Lipinski definition) is 1. The summed E-state index contributed by atoms with van der Waals surface area (Å²) in [6.07, 6.45) is 2.03. The van der Waals surface area contributed by atoms with E-state index in [0.29, 0.717) is 5.01 Å². The van der Waals surface area contributed by atoms with E-state index in [-0.39, 0.29) is 29.4 Å². The molecule has 5 nitrogen and oxygen atoms in total. The Morgan fingerprint density at radius 3 is 2.58 bits per heavy atom. The average molecular weight is 347 g/mol. The third kappa shape index (κ3) is 3.62. The van der Waals surface area contributed by atoms with Crippen molar-refractivity contribution in [2.75, 3.05) is 13.1 Å². The van der Waals surface area contributed by atoms with Crippen molar-refractivity contribution in [1.29, 1.82) is 0 Å². The van der Waals surface area contributed by atoms with Gasteiger partial charge in [0, 0.05) is 18.5 Å². The van der Waals surface area contributed by atoms with Crippen LogP contribution in [0.4, 0.5) is 4.39 Å². The van der Waals surface area contributed by atoms with Gasteiger partial charge in [0.15, 0.2) is 5.01 Å². The molecule has 1 saturated heterocycles. The zero-order valence-electron chi connectivity index (χ0n) is 13.3. The summed E-state index contributed by atoms with van der Waals surface area (Å²) in [6.45, 7) is 3.32. The van der Waals surface area contributed by atoms with E-state index in [0.717, 1.165) is 31.5 Å². The fraction of sp³-hybridized carbons (Fsp3) is 0.353. The van der Waals surface area contributed by atoms with Gasteiger partial charge in [0.2, 0.25) is 0 Å². The first-order chi connectivity index (χ1) is 11.5. The molecule has 1 aromatic carbocycles. The zero-order valence-corrected chi connectivity index (χ0v) is 14.1. The topological polar surface area (TPSA) is 62.3 Å². The third-order valence-electron chi connectivity index (χ3n) is 4.03. The molecule has 1 aromatic heterocycles. The molecule has 3 rings (SSSR count). The molecule has 24 heavy (non-hydrogen) atoms. The number of hydrogen-bond acceptors (Lipinski definition) is 4. The summed E-state index contributed by atoms with van der Waals surface area (Å²) in [5, 5.41) is 4.75. The summed E-state index contributed by atoms with van der Waals surface area (Å²) in [5.41, 5.74) is 1.03. The highest BCUT2D eigenvalue weighted by atomic mass is 32.1. The standard InChI is InChI=1S/C17H18FN3O2S/c1-11(12-4-6-13(18)7-5-12)19-15(22)14-10-24-16(20-14)17(23)21-8-2-3-9-21/h4-7,10-11H,2-3,8-9H2,1H3,(H,19,22). The monoisotopic (exact) mass is 347 g/mol. The third-order valence-corrected chi connectivity index (χ3v) is 4.86. The quantitative estimate of drug-likeness (QED) is 0.925. The molecule has 0 saturated carbocycles. The molecule has 7 heteroatoms. The van der Waals surface area contributed by atoms with Gasteiger partial charge < -0.3 is 10.2 Å². The zero-order chi connectivity index (χ0) is 17.1. The van der Waals surface area contributed by atoms with Crippen molar-refractivity contribution in [2.24, 2.45) is 0 Å². The van der Waals surface area contributed by atoms with Gasteiger partial charge in [-0.15, -0.1) is 11.3 Å². The molecule has 126 valence electrons. The number of halogens is 1. The maximum Gasteiger partial charge on any atom is 0.282 e. The maximum atomic E-state index is 13.0. The molecule has 0 bridgehead atoms. The van der Waals surface area contributed by atoms with E-state index < -0.39 is 0 Å². The second-order valence-corrected chi connectivity index (χ2v) is 6.64. The van der Waals surface area contributed by atoms with Crippen LogP contribution >= 0.6 is 11.3 Å². The van der Waals surface area contributed by atoms with Crippen LogP contribution in [0.1, 0.15) is 51.7 Å². The van der Waals surface area contributed by atoms with Crippen LogP contribution in [0.15, 0.2) is 29.6 Å². The Labute approximate surface area is 143 Å². The summed E-state index contributed by atoms with van der Waals surface area (Å²) >= 11 is 1.18. The van der Waals surface area contributed by atoms with Gasteiger partial charge in [-0.3, -0.25) is 9.59 Å². The van der Waals surface area contributed by atoms with E-state index in [1.165, 1.54) is 23.5 Å². The lowest BCUT2D eigenvalue weighted by Gasteiger charge is -2.13. The normalized spacial score (nSPS) is 15.3. The van der Waals surface area contributed by atoms with Crippen LogP contribution < -0.4 is 5.32 Å².